The highest BCUT2D eigenvalue weighted by atomic mass is 35.5. The van der Waals surface area contributed by atoms with E-state index in [1.165, 1.54) is 0 Å². The van der Waals surface area contributed by atoms with Crippen molar-refractivity contribution in [3.8, 4) is 11.5 Å². The average molecular weight is 327 g/mol. The normalized spacial score (nSPS) is 12.0. The van der Waals surface area contributed by atoms with Gasteiger partial charge < -0.3 is 9.47 Å². The summed E-state index contributed by atoms with van der Waals surface area (Å²) in [6.45, 7) is 9.04. The molecule has 0 bridgehead atoms. The van der Waals surface area contributed by atoms with Crippen molar-refractivity contribution in [2.45, 2.75) is 59.3 Å². The van der Waals surface area contributed by atoms with E-state index >= 15 is 0 Å². The molecule has 1 aromatic carbocycles. The maximum Gasteiger partial charge on any atom is 0.162 e. The highest BCUT2D eigenvalue weighted by molar-refractivity contribution is 6.31. The number of ether oxygens (including phenoxy) is 2. The van der Waals surface area contributed by atoms with Gasteiger partial charge in [-0.25, -0.2) is 0 Å². The quantitative estimate of drug-likeness (QED) is 0.578. The van der Waals surface area contributed by atoms with E-state index in [0.717, 1.165) is 24.2 Å². The van der Waals surface area contributed by atoms with Gasteiger partial charge >= 0.3 is 0 Å². The molecule has 124 valence electrons. The Morgan fingerprint density at radius 2 is 1.68 bits per heavy atom. The highest BCUT2D eigenvalue weighted by Gasteiger charge is 2.18. The van der Waals surface area contributed by atoms with Gasteiger partial charge in [-0.15, -0.1) is 0 Å². The summed E-state index contributed by atoms with van der Waals surface area (Å²) in [5.41, 5.74) is 1.04. The number of carbonyl (C=O) groups excluding carboxylic acids is 1. The molecule has 0 spiro atoms. The molecule has 4 heteroatoms. The minimum absolute atomic E-state index is 0.262. The Hall–Kier alpha value is -1.22. The molecule has 0 aliphatic rings. The Labute approximate surface area is 139 Å². The second-order valence-electron chi connectivity index (χ2n) is 5.22. The summed E-state index contributed by atoms with van der Waals surface area (Å²) in [6.07, 6.45) is 2.96. The minimum Gasteiger partial charge on any atom is -0.490 e. The molecule has 0 saturated heterocycles. The molecule has 0 aliphatic heterocycles. The fourth-order valence-corrected chi connectivity index (χ4v) is 2.80. The lowest BCUT2D eigenvalue weighted by Gasteiger charge is -2.20. The van der Waals surface area contributed by atoms with Gasteiger partial charge in [-0.05, 0) is 44.2 Å². The van der Waals surface area contributed by atoms with Crippen LogP contribution in [0.15, 0.2) is 12.1 Å². The summed E-state index contributed by atoms with van der Waals surface area (Å²) in [6, 6.07) is 3.80. The third kappa shape index (κ3) is 5.20. The van der Waals surface area contributed by atoms with Gasteiger partial charge in [0, 0.05) is 23.9 Å². The number of halogens is 1. The molecule has 1 atom stereocenters. The lowest BCUT2D eigenvalue weighted by Crippen LogP contribution is -2.05. The largest absolute Gasteiger partial charge is 0.490 e. The molecule has 0 aliphatic carbocycles. The molecule has 3 nitrogen and oxygen atoms in total. The fourth-order valence-electron chi connectivity index (χ4n) is 2.49. The first kappa shape index (κ1) is 18.8. The standard InChI is InChI=1S/C18H27ClO3/c1-5-13(9-10-14(20)6-2)15-11-17(21-7-3)18(22-8-4)12-16(15)19/h11-13H,5-10H2,1-4H3. The van der Waals surface area contributed by atoms with Crippen molar-refractivity contribution in [1.82, 2.24) is 0 Å². The monoisotopic (exact) mass is 326 g/mol. The molecule has 0 amide bonds. The lowest BCUT2D eigenvalue weighted by molar-refractivity contribution is -0.118. The van der Waals surface area contributed by atoms with Crippen LogP contribution in [0, 0.1) is 0 Å². The first-order valence-corrected chi connectivity index (χ1v) is 8.55. The molecule has 0 aromatic heterocycles. The van der Waals surface area contributed by atoms with E-state index in [1.807, 2.05) is 32.9 Å². The Bertz CT molecular complexity index is 485. The maximum atomic E-state index is 11.6. The molecular weight excluding hydrogens is 300 g/mol. The molecule has 1 rings (SSSR count). The third-order valence-electron chi connectivity index (χ3n) is 3.76. The lowest BCUT2D eigenvalue weighted by atomic mass is 9.90. The average Bonchev–Trinajstić information content (AvgIpc) is 2.51. The molecule has 1 unspecified atom stereocenters. The zero-order chi connectivity index (χ0) is 16.5. The summed E-state index contributed by atoms with van der Waals surface area (Å²) in [4.78, 5) is 11.6. The van der Waals surface area contributed by atoms with E-state index in [9.17, 15) is 4.79 Å². The summed E-state index contributed by atoms with van der Waals surface area (Å²) in [5, 5.41) is 0.683. The maximum absolute atomic E-state index is 11.6. The highest BCUT2D eigenvalue weighted by Crippen LogP contribution is 2.39. The fraction of sp³-hybridized carbons (Fsp3) is 0.611. The van der Waals surface area contributed by atoms with Gasteiger partial charge in [0.25, 0.3) is 0 Å². The van der Waals surface area contributed by atoms with Gasteiger partial charge in [-0.1, -0.05) is 25.4 Å². The number of Topliss-reactive ketones (excluding diaryl/α,β-unsaturated/α-hetero) is 1. The summed E-state index contributed by atoms with van der Waals surface area (Å²) in [7, 11) is 0. The van der Waals surface area contributed by atoms with Gasteiger partial charge in [-0.3, -0.25) is 4.79 Å². The van der Waals surface area contributed by atoms with Crippen molar-refractivity contribution in [2.24, 2.45) is 0 Å². The van der Waals surface area contributed by atoms with E-state index in [1.54, 1.807) is 0 Å². The molecule has 0 radical (unpaired) electrons. The summed E-state index contributed by atoms with van der Waals surface area (Å²) in [5.74, 6) is 1.96. The second-order valence-corrected chi connectivity index (χ2v) is 5.63. The van der Waals surface area contributed by atoms with Crippen LogP contribution in [0.5, 0.6) is 11.5 Å². The van der Waals surface area contributed by atoms with Crippen molar-refractivity contribution in [3.63, 3.8) is 0 Å². The second kappa shape index (κ2) is 9.73. The van der Waals surface area contributed by atoms with Crippen molar-refractivity contribution >= 4 is 17.4 Å². The van der Waals surface area contributed by atoms with Gasteiger partial charge in [0.2, 0.25) is 0 Å². The topological polar surface area (TPSA) is 35.5 Å². The van der Waals surface area contributed by atoms with Gasteiger partial charge in [0.1, 0.15) is 5.78 Å². The van der Waals surface area contributed by atoms with E-state index < -0.39 is 0 Å². The number of carbonyl (C=O) groups is 1. The first-order valence-electron chi connectivity index (χ1n) is 8.17. The summed E-state index contributed by atoms with van der Waals surface area (Å²) < 4.78 is 11.3. The van der Waals surface area contributed by atoms with Crippen LogP contribution in [0.2, 0.25) is 5.02 Å². The van der Waals surface area contributed by atoms with Crippen LogP contribution < -0.4 is 9.47 Å². The van der Waals surface area contributed by atoms with Crippen LogP contribution in [-0.2, 0) is 4.79 Å². The van der Waals surface area contributed by atoms with Crippen molar-refractivity contribution in [3.05, 3.63) is 22.7 Å². The van der Waals surface area contributed by atoms with E-state index in [0.29, 0.717) is 42.6 Å². The zero-order valence-corrected chi connectivity index (χ0v) is 14.8. The number of rotatable bonds is 10. The van der Waals surface area contributed by atoms with Crippen molar-refractivity contribution in [2.75, 3.05) is 13.2 Å². The first-order chi connectivity index (χ1) is 10.6. The number of hydrogen-bond acceptors (Lipinski definition) is 3. The van der Waals surface area contributed by atoms with E-state index in [4.69, 9.17) is 21.1 Å². The Balaban J connectivity index is 3.04. The van der Waals surface area contributed by atoms with Crippen molar-refractivity contribution in [1.29, 1.82) is 0 Å². The number of ketones is 1. The van der Waals surface area contributed by atoms with Crippen LogP contribution in [0.25, 0.3) is 0 Å². The zero-order valence-electron chi connectivity index (χ0n) is 14.1. The molecule has 0 heterocycles. The summed E-state index contributed by atoms with van der Waals surface area (Å²) >= 11 is 6.44. The van der Waals surface area contributed by atoms with Crippen molar-refractivity contribution < 1.29 is 14.3 Å². The minimum atomic E-state index is 0.262. The molecule has 0 fully saturated rings. The smallest absolute Gasteiger partial charge is 0.162 e. The molecule has 0 saturated carbocycles. The molecule has 22 heavy (non-hydrogen) atoms. The number of benzene rings is 1. The molecular formula is C18H27ClO3. The van der Waals surface area contributed by atoms with Gasteiger partial charge in [0.05, 0.1) is 13.2 Å². The SMILES string of the molecule is CCOc1cc(Cl)c(C(CC)CCC(=O)CC)cc1OCC. The van der Waals surface area contributed by atoms with Crippen LogP contribution >= 0.6 is 11.6 Å². The Morgan fingerprint density at radius 1 is 1.09 bits per heavy atom. The van der Waals surface area contributed by atoms with Crippen LogP contribution in [0.3, 0.4) is 0 Å². The van der Waals surface area contributed by atoms with Gasteiger partial charge in [0.15, 0.2) is 11.5 Å². The van der Waals surface area contributed by atoms with E-state index in [2.05, 4.69) is 6.92 Å². The predicted octanol–water partition coefficient (Wildman–Crippen LogP) is 5.39. The Kier molecular flexibility index (Phi) is 8.32. The third-order valence-corrected chi connectivity index (χ3v) is 4.09. The number of hydrogen-bond donors (Lipinski definition) is 0. The van der Waals surface area contributed by atoms with Gasteiger partial charge in [-0.2, -0.15) is 0 Å². The predicted molar refractivity (Wildman–Crippen MR) is 91.4 cm³/mol. The molecule has 1 aromatic rings. The van der Waals surface area contributed by atoms with E-state index in [-0.39, 0.29) is 5.92 Å². The Morgan fingerprint density at radius 3 is 2.18 bits per heavy atom. The van der Waals surface area contributed by atoms with Crippen LogP contribution in [0.4, 0.5) is 0 Å². The van der Waals surface area contributed by atoms with Crippen LogP contribution in [-0.4, -0.2) is 19.0 Å². The molecule has 0 N–H and O–H groups in total. The van der Waals surface area contributed by atoms with Crippen LogP contribution in [0.1, 0.15) is 64.9 Å².